The van der Waals surface area contributed by atoms with Gasteiger partial charge in [-0.1, -0.05) is 66.7 Å². The first kappa shape index (κ1) is 15.1. The van der Waals surface area contributed by atoms with Gasteiger partial charge in [0.1, 0.15) is 23.2 Å². The van der Waals surface area contributed by atoms with E-state index in [1.54, 1.807) is 0 Å². The van der Waals surface area contributed by atoms with Crippen LogP contribution < -0.4 is 15.9 Å². The van der Waals surface area contributed by atoms with Crippen molar-refractivity contribution in [2.75, 3.05) is 0 Å². The largest absolute Gasteiger partial charge is 0.140 e. The molecule has 1 aliphatic rings. The highest BCUT2D eigenvalue weighted by Gasteiger charge is 2.49. The lowest BCUT2D eigenvalue weighted by molar-refractivity contribution is 1.40. The van der Waals surface area contributed by atoms with E-state index >= 15 is 0 Å². The molecule has 0 amide bonds. The summed E-state index contributed by atoms with van der Waals surface area (Å²) >= 11 is 0. The fraction of sp³-hybridized carbons (Fsp3) is 0.0435. The third-order valence-corrected chi connectivity index (χ3v) is 9.02. The topological polar surface area (TPSA) is 0 Å². The van der Waals surface area contributed by atoms with Gasteiger partial charge >= 0.3 is 0 Å². The first-order valence-corrected chi connectivity index (χ1v) is 10.1. The summed E-state index contributed by atoms with van der Waals surface area (Å²) in [6.45, 7) is 0. The van der Waals surface area contributed by atoms with Crippen LogP contribution in [0.25, 0.3) is 0 Å². The normalized spacial score (nSPS) is 13.8. The Kier molecular flexibility index (Phi) is 4.15. The second kappa shape index (κ2) is 6.59. The van der Waals surface area contributed by atoms with Crippen LogP contribution in [-0.4, -0.2) is 0 Å². The Balaban J connectivity index is 2.07. The van der Waals surface area contributed by atoms with E-state index in [2.05, 4.69) is 109 Å². The summed E-state index contributed by atoms with van der Waals surface area (Å²) in [6, 6.07) is 33.1. The molecule has 0 fully saturated rings. The zero-order valence-corrected chi connectivity index (χ0v) is 14.4. The first-order valence-electron chi connectivity index (χ1n) is 8.34. The molecular weight excluding hydrogens is 307 g/mol. The van der Waals surface area contributed by atoms with Gasteiger partial charge in [-0.25, -0.2) is 0 Å². The molecule has 0 atom stereocenters. The van der Waals surface area contributed by atoms with Gasteiger partial charge in [-0.15, -0.1) is 0 Å². The third-order valence-electron chi connectivity index (χ3n) is 4.61. The van der Waals surface area contributed by atoms with Crippen LogP contribution >= 0.6 is 7.26 Å². The molecule has 0 heterocycles. The van der Waals surface area contributed by atoms with Gasteiger partial charge in [-0.05, 0) is 42.5 Å². The lowest BCUT2D eigenvalue weighted by atomic mass is 10.3. The average molecular weight is 327 g/mol. The standard InChI is InChI=1S/C23H20P/c1-4-12-20(13-5-1)24(23-18-10-11-19-23,21-14-6-2-7-15-21)22-16-8-3-9-17-22/h1-18H,19H2/q+1. The summed E-state index contributed by atoms with van der Waals surface area (Å²) in [5, 5.41) is 5.82. The number of hydrogen-bond acceptors (Lipinski definition) is 0. The number of rotatable bonds is 4. The Bertz CT molecular complexity index is 765. The van der Waals surface area contributed by atoms with Gasteiger partial charge in [0.25, 0.3) is 0 Å². The molecule has 1 aliphatic carbocycles. The maximum absolute atomic E-state index is 2.33. The van der Waals surface area contributed by atoms with Crippen LogP contribution in [0.15, 0.2) is 115 Å². The SMILES string of the molecule is C1=CCC([P+](c2ccccc2)(c2ccccc2)c2ccccc2)=C1. The molecule has 0 aliphatic heterocycles. The quantitative estimate of drug-likeness (QED) is 0.603. The van der Waals surface area contributed by atoms with Gasteiger partial charge in [0, 0.05) is 6.42 Å². The van der Waals surface area contributed by atoms with Crippen molar-refractivity contribution in [1.29, 1.82) is 0 Å². The van der Waals surface area contributed by atoms with Crippen molar-refractivity contribution in [3.8, 4) is 0 Å². The van der Waals surface area contributed by atoms with Crippen LogP contribution in [0.3, 0.4) is 0 Å². The lowest BCUT2D eigenvalue weighted by Crippen LogP contribution is -2.32. The average Bonchev–Trinajstić information content (AvgIpc) is 3.20. The minimum Gasteiger partial charge on any atom is -0.0766 e. The number of allylic oxidation sites excluding steroid dienone is 4. The molecule has 0 nitrogen and oxygen atoms in total. The van der Waals surface area contributed by atoms with Gasteiger partial charge in [-0.3, -0.25) is 0 Å². The second-order valence-electron chi connectivity index (χ2n) is 5.97. The van der Waals surface area contributed by atoms with Crippen molar-refractivity contribution in [2.24, 2.45) is 0 Å². The van der Waals surface area contributed by atoms with Crippen molar-refractivity contribution in [3.05, 3.63) is 115 Å². The molecule has 0 saturated carbocycles. The van der Waals surface area contributed by atoms with E-state index in [9.17, 15) is 0 Å². The molecule has 116 valence electrons. The van der Waals surface area contributed by atoms with Crippen molar-refractivity contribution < 1.29 is 0 Å². The van der Waals surface area contributed by atoms with E-state index in [0.29, 0.717) is 0 Å². The zero-order chi connectivity index (χ0) is 16.2. The molecule has 0 saturated heterocycles. The maximum atomic E-state index is 2.33. The van der Waals surface area contributed by atoms with Gasteiger partial charge in [0.2, 0.25) is 0 Å². The van der Waals surface area contributed by atoms with Gasteiger partial charge in [-0.2, -0.15) is 0 Å². The molecule has 3 aromatic carbocycles. The van der Waals surface area contributed by atoms with Crippen LogP contribution in [0, 0.1) is 0 Å². The number of hydrogen-bond donors (Lipinski definition) is 0. The van der Waals surface area contributed by atoms with E-state index in [0.717, 1.165) is 6.42 Å². The third kappa shape index (κ3) is 2.44. The highest BCUT2D eigenvalue weighted by Crippen LogP contribution is 2.64. The zero-order valence-electron chi connectivity index (χ0n) is 13.5. The Morgan fingerprint density at radius 3 is 1.29 bits per heavy atom. The molecule has 0 bridgehead atoms. The Labute approximate surface area is 144 Å². The van der Waals surface area contributed by atoms with E-state index in [1.807, 2.05) is 0 Å². The summed E-state index contributed by atoms with van der Waals surface area (Å²) in [5.41, 5.74) is 0. The van der Waals surface area contributed by atoms with Gasteiger partial charge in [0.05, 0.1) is 5.31 Å². The van der Waals surface area contributed by atoms with Gasteiger partial charge < -0.3 is 0 Å². The molecule has 0 N–H and O–H groups in total. The van der Waals surface area contributed by atoms with Crippen LogP contribution in [0.5, 0.6) is 0 Å². The lowest BCUT2D eigenvalue weighted by Gasteiger charge is -2.28. The summed E-state index contributed by atoms with van der Waals surface area (Å²) in [6.07, 6.45) is 7.85. The minimum absolute atomic E-state index is 1.03. The molecule has 4 rings (SSSR count). The second-order valence-corrected chi connectivity index (χ2v) is 9.43. The molecule has 1 heteroatoms. The Morgan fingerprint density at radius 1 is 0.542 bits per heavy atom. The maximum Gasteiger partial charge on any atom is 0.140 e. The monoisotopic (exact) mass is 327 g/mol. The van der Waals surface area contributed by atoms with Crippen LogP contribution in [0.2, 0.25) is 0 Å². The molecule has 0 spiro atoms. The molecule has 24 heavy (non-hydrogen) atoms. The minimum atomic E-state index is -1.80. The van der Waals surface area contributed by atoms with E-state index < -0.39 is 7.26 Å². The highest BCUT2D eigenvalue weighted by molar-refractivity contribution is 7.99. The van der Waals surface area contributed by atoms with Crippen LogP contribution in [0.1, 0.15) is 6.42 Å². The fourth-order valence-corrected chi connectivity index (χ4v) is 8.02. The van der Waals surface area contributed by atoms with Crippen molar-refractivity contribution >= 4 is 23.2 Å². The molecule has 0 radical (unpaired) electrons. The highest BCUT2D eigenvalue weighted by atomic mass is 31.2. The summed E-state index contributed by atoms with van der Waals surface area (Å²) in [4.78, 5) is 0. The fourth-order valence-electron chi connectivity index (χ4n) is 3.58. The van der Waals surface area contributed by atoms with E-state index in [1.165, 1.54) is 21.2 Å². The summed E-state index contributed by atoms with van der Waals surface area (Å²) in [7, 11) is -1.80. The Hall–Kier alpha value is -2.43. The molecule has 0 aromatic heterocycles. The predicted molar refractivity (Wildman–Crippen MR) is 107 cm³/mol. The number of benzene rings is 3. The summed E-state index contributed by atoms with van der Waals surface area (Å²) < 4.78 is 0. The molecule has 3 aromatic rings. The smallest absolute Gasteiger partial charge is 0.0766 e. The van der Waals surface area contributed by atoms with Crippen molar-refractivity contribution in [3.63, 3.8) is 0 Å². The molecule has 0 unspecified atom stereocenters. The Morgan fingerprint density at radius 2 is 0.958 bits per heavy atom. The van der Waals surface area contributed by atoms with E-state index in [4.69, 9.17) is 0 Å². The van der Waals surface area contributed by atoms with Crippen LogP contribution in [-0.2, 0) is 0 Å². The van der Waals surface area contributed by atoms with Crippen molar-refractivity contribution in [1.82, 2.24) is 0 Å². The molecular formula is C23H20P+. The van der Waals surface area contributed by atoms with Gasteiger partial charge in [0.15, 0.2) is 0 Å². The van der Waals surface area contributed by atoms with Crippen LogP contribution in [0.4, 0.5) is 0 Å². The van der Waals surface area contributed by atoms with E-state index in [-0.39, 0.29) is 0 Å². The van der Waals surface area contributed by atoms with Crippen molar-refractivity contribution in [2.45, 2.75) is 6.42 Å². The predicted octanol–water partition coefficient (Wildman–Crippen LogP) is 4.82. The summed E-state index contributed by atoms with van der Waals surface area (Å²) in [5.74, 6) is 0. The first-order chi connectivity index (χ1) is 11.9.